The van der Waals surface area contributed by atoms with Gasteiger partial charge in [0.05, 0.1) is 17.5 Å². The summed E-state index contributed by atoms with van der Waals surface area (Å²) in [7, 11) is 0. The van der Waals surface area contributed by atoms with Crippen molar-refractivity contribution in [1.29, 1.82) is 0 Å². The first-order chi connectivity index (χ1) is 11.6. The first kappa shape index (κ1) is 15.9. The average Bonchev–Trinajstić information content (AvgIpc) is 2.98. The van der Waals surface area contributed by atoms with Gasteiger partial charge in [-0.2, -0.15) is 5.10 Å². The molecule has 0 aliphatic heterocycles. The maximum Gasteiger partial charge on any atom is 0.163 e. The first-order valence-electron chi connectivity index (χ1n) is 7.81. The molecule has 0 saturated heterocycles. The molecule has 2 aromatic heterocycles. The molecule has 0 amide bonds. The van der Waals surface area contributed by atoms with Crippen molar-refractivity contribution in [2.45, 2.75) is 20.3 Å². The highest BCUT2D eigenvalue weighted by molar-refractivity contribution is 5.95. The number of Topliss-reactive ketones (excluding diaryl/α,β-unsaturated/α-hetero) is 1. The van der Waals surface area contributed by atoms with E-state index in [-0.39, 0.29) is 5.78 Å². The lowest BCUT2D eigenvalue weighted by Crippen LogP contribution is -2.09. The smallest absolute Gasteiger partial charge is 0.163 e. The maximum absolute atomic E-state index is 11.6. The second-order valence-corrected chi connectivity index (χ2v) is 5.54. The zero-order chi connectivity index (χ0) is 16.9. The summed E-state index contributed by atoms with van der Waals surface area (Å²) in [4.78, 5) is 20.0. The zero-order valence-electron chi connectivity index (χ0n) is 13.7. The number of benzene rings is 1. The van der Waals surface area contributed by atoms with Crippen LogP contribution in [-0.2, 0) is 6.42 Å². The molecular formula is C18H19N5O. The molecule has 0 aliphatic rings. The van der Waals surface area contributed by atoms with Crippen LogP contribution in [-0.4, -0.2) is 32.1 Å². The number of carbonyl (C=O) groups excluding carboxylic acids is 1. The Hall–Kier alpha value is -3.02. The van der Waals surface area contributed by atoms with Crippen molar-refractivity contribution in [3.63, 3.8) is 0 Å². The Morgan fingerprint density at radius 3 is 2.71 bits per heavy atom. The van der Waals surface area contributed by atoms with Gasteiger partial charge in [-0.3, -0.25) is 4.79 Å². The minimum Gasteiger partial charge on any atom is -0.370 e. The molecule has 0 radical (unpaired) electrons. The van der Waals surface area contributed by atoms with Crippen LogP contribution in [0.3, 0.4) is 0 Å². The first-order valence-corrected chi connectivity index (χ1v) is 7.81. The van der Waals surface area contributed by atoms with Crippen LogP contribution in [0.5, 0.6) is 0 Å². The molecule has 0 saturated carbocycles. The van der Waals surface area contributed by atoms with E-state index in [0.29, 0.717) is 11.4 Å². The topological polar surface area (TPSA) is 72.7 Å². The predicted molar refractivity (Wildman–Crippen MR) is 92.5 cm³/mol. The maximum atomic E-state index is 11.6. The normalized spacial score (nSPS) is 10.6. The van der Waals surface area contributed by atoms with Crippen LogP contribution in [0.1, 0.15) is 28.5 Å². The van der Waals surface area contributed by atoms with Gasteiger partial charge in [-0.25, -0.2) is 14.6 Å². The SMILES string of the molecule is CC(=O)c1cnn(-c2cc(NCCc3ccccc3)ncn2)c1C. The number of hydrogen-bond donors (Lipinski definition) is 1. The molecule has 1 N–H and O–H groups in total. The van der Waals surface area contributed by atoms with Gasteiger partial charge in [0.1, 0.15) is 12.1 Å². The molecule has 0 bridgehead atoms. The van der Waals surface area contributed by atoms with Crippen molar-refractivity contribution in [2.24, 2.45) is 0 Å². The highest BCUT2D eigenvalue weighted by atomic mass is 16.1. The van der Waals surface area contributed by atoms with Crippen molar-refractivity contribution in [3.05, 3.63) is 65.7 Å². The largest absolute Gasteiger partial charge is 0.370 e. The Bertz CT molecular complexity index is 842. The van der Waals surface area contributed by atoms with Gasteiger partial charge in [-0.05, 0) is 25.8 Å². The fraction of sp³-hybridized carbons (Fsp3) is 0.222. The molecule has 6 heteroatoms. The van der Waals surface area contributed by atoms with E-state index in [1.807, 2.05) is 31.2 Å². The van der Waals surface area contributed by atoms with E-state index < -0.39 is 0 Å². The summed E-state index contributed by atoms with van der Waals surface area (Å²) in [6.07, 6.45) is 3.98. The standard InChI is InChI=1S/C18H19N5O/c1-13-16(14(2)24)11-22-23(13)18-10-17(20-12-21-18)19-9-8-15-6-4-3-5-7-15/h3-7,10-12H,8-9H2,1-2H3,(H,19,20,21). The molecule has 0 atom stereocenters. The van der Waals surface area contributed by atoms with E-state index in [1.54, 1.807) is 10.9 Å². The van der Waals surface area contributed by atoms with Crippen molar-refractivity contribution in [1.82, 2.24) is 19.7 Å². The van der Waals surface area contributed by atoms with Crippen LogP contribution >= 0.6 is 0 Å². The van der Waals surface area contributed by atoms with Crippen LogP contribution in [0, 0.1) is 6.92 Å². The van der Waals surface area contributed by atoms with E-state index in [1.165, 1.54) is 18.8 Å². The Balaban J connectivity index is 1.71. The van der Waals surface area contributed by atoms with Crippen LogP contribution in [0.4, 0.5) is 5.82 Å². The molecule has 0 spiro atoms. The van der Waals surface area contributed by atoms with E-state index in [4.69, 9.17) is 0 Å². The van der Waals surface area contributed by atoms with Gasteiger partial charge in [0.25, 0.3) is 0 Å². The summed E-state index contributed by atoms with van der Waals surface area (Å²) in [5.41, 5.74) is 2.65. The monoisotopic (exact) mass is 321 g/mol. The third-order valence-electron chi connectivity index (χ3n) is 3.82. The van der Waals surface area contributed by atoms with E-state index >= 15 is 0 Å². The van der Waals surface area contributed by atoms with Crippen LogP contribution in [0.2, 0.25) is 0 Å². The molecule has 24 heavy (non-hydrogen) atoms. The summed E-state index contributed by atoms with van der Waals surface area (Å²) in [5.74, 6) is 1.36. The number of aromatic nitrogens is 4. The number of anilines is 1. The zero-order valence-corrected chi connectivity index (χ0v) is 13.7. The molecule has 6 nitrogen and oxygen atoms in total. The number of hydrogen-bond acceptors (Lipinski definition) is 5. The van der Waals surface area contributed by atoms with E-state index in [0.717, 1.165) is 24.5 Å². The summed E-state index contributed by atoms with van der Waals surface area (Å²) in [6, 6.07) is 12.1. The fourth-order valence-corrected chi connectivity index (χ4v) is 2.53. The molecule has 0 unspecified atom stereocenters. The molecule has 122 valence electrons. The number of ketones is 1. The summed E-state index contributed by atoms with van der Waals surface area (Å²) in [6.45, 7) is 4.16. The molecule has 0 fully saturated rings. The van der Waals surface area contributed by atoms with Gasteiger partial charge in [0.2, 0.25) is 0 Å². The second-order valence-electron chi connectivity index (χ2n) is 5.54. The van der Waals surface area contributed by atoms with E-state index in [9.17, 15) is 4.79 Å². The number of nitrogens with one attached hydrogen (secondary N) is 1. The molecular weight excluding hydrogens is 302 g/mol. The Morgan fingerprint density at radius 1 is 1.21 bits per heavy atom. The van der Waals surface area contributed by atoms with Crippen molar-refractivity contribution >= 4 is 11.6 Å². The van der Waals surface area contributed by atoms with Crippen molar-refractivity contribution in [2.75, 3.05) is 11.9 Å². The number of rotatable bonds is 6. The van der Waals surface area contributed by atoms with E-state index in [2.05, 4.69) is 32.5 Å². The highest BCUT2D eigenvalue weighted by Gasteiger charge is 2.12. The molecule has 0 aliphatic carbocycles. The van der Waals surface area contributed by atoms with Gasteiger partial charge in [-0.15, -0.1) is 0 Å². The van der Waals surface area contributed by atoms with Gasteiger partial charge in [0, 0.05) is 12.6 Å². The lowest BCUT2D eigenvalue weighted by atomic mass is 10.1. The average molecular weight is 321 g/mol. The molecule has 1 aromatic carbocycles. The highest BCUT2D eigenvalue weighted by Crippen LogP contribution is 2.14. The minimum atomic E-state index is -0.00554. The van der Waals surface area contributed by atoms with Crippen LogP contribution in [0.25, 0.3) is 5.82 Å². The molecule has 2 heterocycles. The van der Waals surface area contributed by atoms with Gasteiger partial charge < -0.3 is 5.32 Å². The molecule has 3 aromatic rings. The third-order valence-corrected chi connectivity index (χ3v) is 3.82. The number of nitrogens with zero attached hydrogens (tertiary/aromatic N) is 4. The second kappa shape index (κ2) is 7.04. The predicted octanol–water partition coefficient (Wildman–Crippen LogP) is 2.83. The van der Waals surface area contributed by atoms with Gasteiger partial charge >= 0.3 is 0 Å². The quantitative estimate of drug-likeness (QED) is 0.707. The Kier molecular flexibility index (Phi) is 4.65. The summed E-state index contributed by atoms with van der Waals surface area (Å²) < 4.78 is 1.65. The lowest BCUT2D eigenvalue weighted by Gasteiger charge is -2.08. The number of carbonyl (C=O) groups is 1. The van der Waals surface area contributed by atoms with Gasteiger partial charge in [-0.1, -0.05) is 30.3 Å². The van der Waals surface area contributed by atoms with Crippen molar-refractivity contribution < 1.29 is 4.79 Å². The Morgan fingerprint density at radius 2 is 2.00 bits per heavy atom. The summed E-state index contributed by atoms with van der Waals surface area (Å²) in [5, 5.41) is 7.55. The van der Waals surface area contributed by atoms with Crippen LogP contribution < -0.4 is 5.32 Å². The fourth-order valence-electron chi connectivity index (χ4n) is 2.53. The molecule has 3 rings (SSSR count). The Labute approximate surface area is 140 Å². The summed E-state index contributed by atoms with van der Waals surface area (Å²) >= 11 is 0. The van der Waals surface area contributed by atoms with Crippen LogP contribution in [0.15, 0.2) is 48.9 Å². The van der Waals surface area contributed by atoms with Crippen molar-refractivity contribution in [3.8, 4) is 5.82 Å². The van der Waals surface area contributed by atoms with Gasteiger partial charge in [0.15, 0.2) is 11.6 Å². The minimum absolute atomic E-state index is 0.00554. The lowest BCUT2D eigenvalue weighted by molar-refractivity contribution is 0.101. The third kappa shape index (κ3) is 3.48.